The lowest BCUT2D eigenvalue weighted by Gasteiger charge is -2.19. The van der Waals surface area contributed by atoms with E-state index in [1.54, 1.807) is 0 Å². The molecule has 0 aromatic carbocycles. The van der Waals surface area contributed by atoms with Crippen LogP contribution in [-0.4, -0.2) is 42.3 Å². The summed E-state index contributed by atoms with van der Waals surface area (Å²) in [4.78, 5) is 48.8. The minimum Gasteiger partial charge on any atom is -0.368 e. The summed E-state index contributed by atoms with van der Waals surface area (Å²) >= 11 is 0. The molecule has 0 radical (unpaired) electrons. The van der Waals surface area contributed by atoms with E-state index in [4.69, 9.17) is 5.73 Å². The Morgan fingerprint density at radius 1 is 0.500 bits per heavy atom. The van der Waals surface area contributed by atoms with Gasteiger partial charge in [-0.1, -0.05) is 168 Å². The Balaban J connectivity index is 4.13. The van der Waals surface area contributed by atoms with Crippen LogP contribution >= 0.6 is 0 Å². The highest BCUT2D eigenvalue weighted by Gasteiger charge is 2.21. The average molecular weight is 623 g/mol. The molecule has 0 aliphatic rings. The Morgan fingerprint density at radius 2 is 0.841 bits per heavy atom. The number of rotatable bonds is 32. The topological polar surface area (TPSA) is 130 Å². The summed E-state index contributed by atoms with van der Waals surface area (Å²) in [5.74, 6) is -1.66. The number of carbonyl (C=O) groups is 4. The molecule has 0 aliphatic heterocycles. The number of hydrogen-bond donors (Lipinski definition) is 4. The Morgan fingerprint density at radius 3 is 1.18 bits per heavy atom. The van der Waals surface area contributed by atoms with Crippen molar-refractivity contribution in [1.29, 1.82) is 0 Å². The first-order valence-corrected chi connectivity index (χ1v) is 18.4. The smallest absolute Gasteiger partial charge is 0.243 e. The standard InChI is InChI=1S/C36H70N4O4/c1-4-6-8-10-12-14-16-18-20-22-24-26-28-32(35(37)43)40-34(42)30-38-36(44)33(39-31(3)41)29-27-25-23-21-19-17-15-13-11-9-7-5-2/h32-33H,4-30H2,1-3H3,(H2,37,43)(H,38,44)(H,39,41)(H,40,42). The molecule has 4 amide bonds. The van der Waals surface area contributed by atoms with E-state index in [1.807, 2.05) is 0 Å². The average Bonchev–Trinajstić information content (AvgIpc) is 2.99. The summed E-state index contributed by atoms with van der Waals surface area (Å²) in [5.41, 5.74) is 5.53. The Bertz CT molecular complexity index is 731. The molecule has 8 heteroatoms. The highest BCUT2D eigenvalue weighted by atomic mass is 16.2. The van der Waals surface area contributed by atoms with Gasteiger partial charge in [0.05, 0.1) is 6.54 Å². The quantitative estimate of drug-likeness (QED) is 0.0571. The molecule has 8 nitrogen and oxygen atoms in total. The zero-order valence-electron chi connectivity index (χ0n) is 29.0. The van der Waals surface area contributed by atoms with E-state index in [-0.39, 0.29) is 18.4 Å². The van der Waals surface area contributed by atoms with Gasteiger partial charge in [-0.2, -0.15) is 0 Å². The third-order valence-corrected chi connectivity index (χ3v) is 8.49. The van der Waals surface area contributed by atoms with Crippen molar-refractivity contribution in [3.05, 3.63) is 0 Å². The van der Waals surface area contributed by atoms with Gasteiger partial charge in [-0.05, 0) is 12.8 Å². The summed E-state index contributed by atoms with van der Waals surface area (Å²) in [6.45, 7) is 5.62. The third kappa shape index (κ3) is 27.4. The van der Waals surface area contributed by atoms with Crippen LogP contribution in [-0.2, 0) is 19.2 Å². The van der Waals surface area contributed by atoms with Gasteiger partial charge in [0.2, 0.25) is 23.6 Å². The molecule has 0 rings (SSSR count). The monoisotopic (exact) mass is 623 g/mol. The SMILES string of the molecule is CCCCCCCCCCCCCCC(NC(=O)CNC(=O)C(CCCCCCCCCCCCCC)NC(C)=O)C(N)=O. The molecule has 0 aliphatic carbocycles. The fourth-order valence-corrected chi connectivity index (χ4v) is 5.71. The first kappa shape index (κ1) is 41.9. The normalized spacial score (nSPS) is 12.4. The highest BCUT2D eigenvalue weighted by molar-refractivity contribution is 5.91. The fourth-order valence-electron chi connectivity index (χ4n) is 5.71. The number of nitrogens with one attached hydrogen (secondary N) is 3. The number of carbonyl (C=O) groups excluding carboxylic acids is 4. The Hall–Kier alpha value is -2.12. The molecule has 2 unspecified atom stereocenters. The largest absolute Gasteiger partial charge is 0.368 e. The molecule has 258 valence electrons. The van der Waals surface area contributed by atoms with Gasteiger partial charge in [-0.3, -0.25) is 19.2 Å². The summed E-state index contributed by atoms with van der Waals surface area (Å²) in [7, 11) is 0. The van der Waals surface area contributed by atoms with Crippen molar-refractivity contribution in [1.82, 2.24) is 16.0 Å². The lowest BCUT2D eigenvalue weighted by atomic mass is 10.0. The van der Waals surface area contributed by atoms with Gasteiger partial charge in [0, 0.05) is 6.92 Å². The molecular weight excluding hydrogens is 552 g/mol. The van der Waals surface area contributed by atoms with Gasteiger partial charge in [-0.25, -0.2) is 0 Å². The van der Waals surface area contributed by atoms with Crippen LogP contribution in [0.1, 0.15) is 188 Å². The molecule has 0 aromatic heterocycles. The Labute approximate surface area is 270 Å². The molecule has 0 spiro atoms. The predicted molar refractivity (Wildman–Crippen MR) is 183 cm³/mol. The minimum atomic E-state index is -0.741. The second-order valence-electron chi connectivity index (χ2n) is 12.8. The van der Waals surface area contributed by atoms with Crippen molar-refractivity contribution in [2.24, 2.45) is 5.73 Å². The van der Waals surface area contributed by atoms with Gasteiger partial charge in [0.15, 0.2) is 0 Å². The summed E-state index contributed by atoms with van der Waals surface area (Å²) in [6.07, 6.45) is 30.5. The number of nitrogens with two attached hydrogens (primary N) is 1. The fraction of sp³-hybridized carbons (Fsp3) is 0.889. The van der Waals surface area contributed by atoms with Crippen LogP contribution in [0.25, 0.3) is 0 Å². The van der Waals surface area contributed by atoms with Crippen molar-refractivity contribution < 1.29 is 19.2 Å². The van der Waals surface area contributed by atoms with Crippen LogP contribution < -0.4 is 21.7 Å². The van der Waals surface area contributed by atoms with Gasteiger partial charge in [0.1, 0.15) is 12.1 Å². The summed E-state index contributed by atoms with van der Waals surface area (Å²) < 4.78 is 0. The van der Waals surface area contributed by atoms with E-state index in [0.717, 1.165) is 38.5 Å². The number of unbranched alkanes of at least 4 members (excludes halogenated alkanes) is 22. The minimum absolute atomic E-state index is 0.254. The Kier molecular flexibility index (Phi) is 29.4. The number of hydrogen-bond acceptors (Lipinski definition) is 4. The van der Waals surface area contributed by atoms with E-state index in [0.29, 0.717) is 12.8 Å². The zero-order chi connectivity index (χ0) is 32.7. The van der Waals surface area contributed by atoms with Crippen LogP contribution in [0.15, 0.2) is 0 Å². The maximum atomic E-state index is 12.7. The van der Waals surface area contributed by atoms with Gasteiger partial charge in [-0.15, -0.1) is 0 Å². The highest BCUT2D eigenvalue weighted by Crippen LogP contribution is 2.14. The number of primary amides is 1. The van der Waals surface area contributed by atoms with Crippen LogP contribution in [0.5, 0.6) is 0 Å². The first-order chi connectivity index (χ1) is 21.3. The second kappa shape index (κ2) is 30.9. The molecule has 0 heterocycles. The third-order valence-electron chi connectivity index (χ3n) is 8.49. The molecule has 44 heavy (non-hydrogen) atoms. The predicted octanol–water partition coefficient (Wildman–Crippen LogP) is 7.76. The molecule has 0 fully saturated rings. The number of amides is 4. The maximum Gasteiger partial charge on any atom is 0.243 e. The van der Waals surface area contributed by atoms with Crippen molar-refractivity contribution >= 4 is 23.6 Å². The van der Waals surface area contributed by atoms with E-state index < -0.39 is 23.9 Å². The summed E-state index contributed by atoms with van der Waals surface area (Å²) in [5, 5.41) is 8.00. The molecule has 0 aromatic rings. The molecule has 5 N–H and O–H groups in total. The van der Waals surface area contributed by atoms with E-state index in [2.05, 4.69) is 29.8 Å². The van der Waals surface area contributed by atoms with Crippen molar-refractivity contribution in [2.45, 2.75) is 200 Å². The second-order valence-corrected chi connectivity index (χ2v) is 12.8. The van der Waals surface area contributed by atoms with Crippen molar-refractivity contribution in [2.75, 3.05) is 6.54 Å². The van der Waals surface area contributed by atoms with Crippen LogP contribution in [0, 0.1) is 0 Å². The van der Waals surface area contributed by atoms with Gasteiger partial charge >= 0.3 is 0 Å². The van der Waals surface area contributed by atoms with Crippen LogP contribution in [0.3, 0.4) is 0 Å². The first-order valence-electron chi connectivity index (χ1n) is 18.4. The van der Waals surface area contributed by atoms with E-state index >= 15 is 0 Å². The van der Waals surface area contributed by atoms with Crippen LogP contribution in [0.4, 0.5) is 0 Å². The van der Waals surface area contributed by atoms with Crippen LogP contribution in [0.2, 0.25) is 0 Å². The lowest BCUT2D eigenvalue weighted by Crippen LogP contribution is -2.51. The van der Waals surface area contributed by atoms with E-state index in [9.17, 15) is 19.2 Å². The van der Waals surface area contributed by atoms with Gasteiger partial charge < -0.3 is 21.7 Å². The maximum absolute atomic E-state index is 12.7. The van der Waals surface area contributed by atoms with Crippen molar-refractivity contribution in [3.63, 3.8) is 0 Å². The van der Waals surface area contributed by atoms with Crippen molar-refractivity contribution in [3.8, 4) is 0 Å². The summed E-state index contributed by atoms with van der Waals surface area (Å²) in [6, 6.07) is -1.41. The zero-order valence-corrected chi connectivity index (χ0v) is 29.0. The molecular formula is C36H70N4O4. The molecule has 0 saturated carbocycles. The van der Waals surface area contributed by atoms with E-state index in [1.165, 1.54) is 122 Å². The molecule has 0 bridgehead atoms. The van der Waals surface area contributed by atoms with Gasteiger partial charge in [0.25, 0.3) is 0 Å². The lowest BCUT2D eigenvalue weighted by molar-refractivity contribution is -0.131. The molecule has 0 saturated heterocycles. The molecule has 2 atom stereocenters.